The highest BCUT2D eigenvalue weighted by Crippen LogP contribution is 2.39. The Kier molecular flexibility index (Phi) is 6.89. The molecule has 162 valence electrons. The van der Waals surface area contributed by atoms with Gasteiger partial charge in [-0.15, -0.1) is 0 Å². The summed E-state index contributed by atoms with van der Waals surface area (Å²) in [5, 5.41) is 0.427. The number of hydrogen-bond donors (Lipinski definition) is 0. The van der Waals surface area contributed by atoms with E-state index >= 15 is 0 Å². The molecule has 0 saturated carbocycles. The molecule has 3 aromatic carbocycles. The van der Waals surface area contributed by atoms with Gasteiger partial charge in [-0.1, -0.05) is 77.8 Å². The van der Waals surface area contributed by atoms with Crippen LogP contribution in [0.3, 0.4) is 0 Å². The van der Waals surface area contributed by atoms with Gasteiger partial charge in [0.05, 0.1) is 16.5 Å². The predicted octanol–water partition coefficient (Wildman–Crippen LogP) is 7.12. The maximum atomic E-state index is 13.0. The molecule has 0 bridgehead atoms. The second kappa shape index (κ2) is 9.82. The molecule has 0 unspecified atom stereocenters. The second-order valence-electron chi connectivity index (χ2n) is 7.27. The fourth-order valence-corrected chi connectivity index (χ4v) is 4.70. The van der Waals surface area contributed by atoms with E-state index in [9.17, 15) is 9.59 Å². The van der Waals surface area contributed by atoms with Crippen LogP contribution in [-0.4, -0.2) is 16.0 Å². The first-order valence-corrected chi connectivity index (χ1v) is 11.5. The number of hydrogen-bond acceptors (Lipinski definition) is 4. The van der Waals surface area contributed by atoms with Crippen molar-refractivity contribution >= 4 is 52.2 Å². The van der Waals surface area contributed by atoms with Crippen LogP contribution in [0.2, 0.25) is 10.0 Å². The van der Waals surface area contributed by atoms with Crippen LogP contribution in [-0.2, 0) is 17.9 Å². The second-order valence-corrected chi connectivity index (χ2v) is 9.11. The summed E-state index contributed by atoms with van der Waals surface area (Å²) >= 11 is 13.5. The number of carbonyl (C=O) groups excluding carboxylic acids is 2. The lowest BCUT2D eigenvalue weighted by atomic mass is 10.1. The summed E-state index contributed by atoms with van der Waals surface area (Å²) in [5.41, 5.74) is 3.46. The van der Waals surface area contributed by atoms with Gasteiger partial charge in [0.25, 0.3) is 11.1 Å². The van der Waals surface area contributed by atoms with Crippen molar-refractivity contribution in [1.29, 1.82) is 0 Å². The lowest BCUT2D eigenvalue weighted by Crippen LogP contribution is -2.27. The summed E-state index contributed by atoms with van der Waals surface area (Å²) in [6.07, 6.45) is 1.61. The molecule has 2 amide bonds. The van der Waals surface area contributed by atoms with E-state index in [4.69, 9.17) is 27.9 Å². The Bertz CT molecular complexity index is 1210. The number of ether oxygens (including phenoxy) is 1. The van der Waals surface area contributed by atoms with Crippen LogP contribution < -0.4 is 4.74 Å². The van der Waals surface area contributed by atoms with Crippen LogP contribution in [0.15, 0.2) is 71.6 Å². The molecule has 32 heavy (non-hydrogen) atoms. The van der Waals surface area contributed by atoms with Crippen molar-refractivity contribution in [1.82, 2.24) is 4.90 Å². The molecule has 0 radical (unpaired) electrons. The molecule has 1 aliphatic rings. The van der Waals surface area contributed by atoms with Crippen LogP contribution in [0.4, 0.5) is 4.79 Å². The molecule has 0 spiro atoms. The Morgan fingerprint density at radius 3 is 2.47 bits per heavy atom. The lowest BCUT2D eigenvalue weighted by molar-refractivity contribution is -0.123. The first-order valence-electron chi connectivity index (χ1n) is 9.88. The molecule has 4 nitrogen and oxygen atoms in total. The van der Waals surface area contributed by atoms with Crippen molar-refractivity contribution in [3.8, 4) is 5.75 Å². The molecular formula is C25H19Cl2NO3S. The lowest BCUT2D eigenvalue weighted by Gasteiger charge is -2.14. The summed E-state index contributed by atoms with van der Waals surface area (Å²) in [7, 11) is 0. The molecule has 3 aromatic rings. The van der Waals surface area contributed by atoms with Crippen molar-refractivity contribution in [2.75, 3.05) is 0 Å². The van der Waals surface area contributed by atoms with Crippen molar-refractivity contribution in [2.45, 2.75) is 20.1 Å². The fourth-order valence-electron chi connectivity index (χ4n) is 3.30. The zero-order valence-electron chi connectivity index (χ0n) is 17.2. The fraction of sp³-hybridized carbons (Fsp3) is 0.120. The smallest absolute Gasteiger partial charge is 0.293 e. The molecule has 0 aliphatic carbocycles. The predicted molar refractivity (Wildman–Crippen MR) is 130 cm³/mol. The van der Waals surface area contributed by atoms with E-state index in [1.165, 1.54) is 4.90 Å². The maximum Gasteiger partial charge on any atom is 0.293 e. The van der Waals surface area contributed by atoms with Crippen LogP contribution in [0.5, 0.6) is 5.75 Å². The monoisotopic (exact) mass is 483 g/mol. The van der Waals surface area contributed by atoms with Crippen molar-refractivity contribution in [3.05, 3.63) is 104 Å². The Labute approximate surface area is 200 Å². The standard InChI is InChI=1S/C25H19Cl2NO3S/c1-16-7-5-6-10-18(16)14-28-24(29)22(32-25(28)30)12-19-11-20(26)13-21(27)23(19)31-15-17-8-3-2-4-9-17/h2-13H,14-15H2,1H3/b22-12-. The van der Waals surface area contributed by atoms with E-state index < -0.39 is 0 Å². The van der Waals surface area contributed by atoms with Gasteiger partial charge in [-0.25, -0.2) is 0 Å². The van der Waals surface area contributed by atoms with Gasteiger partial charge in [0.2, 0.25) is 0 Å². The van der Waals surface area contributed by atoms with Gasteiger partial charge in [0, 0.05) is 10.6 Å². The minimum Gasteiger partial charge on any atom is -0.487 e. The minimum absolute atomic E-state index is 0.225. The zero-order valence-corrected chi connectivity index (χ0v) is 19.5. The number of nitrogens with zero attached hydrogens (tertiary/aromatic N) is 1. The molecule has 1 aliphatic heterocycles. The SMILES string of the molecule is Cc1ccccc1CN1C(=O)S/C(=C\c2cc(Cl)cc(Cl)c2OCc2ccccc2)C1=O. The van der Waals surface area contributed by atoms with Crippen LogP contribution in [0, 0.1) is 6.92 Å². The summed E-state index contributed by atoms with van der Waals surface area (Å²) < 4.78 is 5.97. The number of aryl methyl sites for hydroxylation is 1. The van der Waals surface area contributed by atoms with Gasteiger partial charge >= 0.3 is 0 Å². The largest absolute Gasteiger partial charge is 0.487 e. The zero-order chi connectivity index (χ0) is 22.7. The highest BCUT2D eigenvalue weighted by Gasteiger charge is 2.35. The van der Waals surface area contributed by atoms with Gasteiger partial charge in [-0.2, -0.15) is 0 Å². The molecule has 0 atom stereocenters. The Hall–Kier alpha value is -2.73. The average Bonchev–Trinajstić information content (AvgIpc) is 3.02. The number of carbonyl (C=O) groups is 2. The normalized spacial score (nSPS) is 15.0. The maximum absolute atomic E-state index is 13.0. The van der Waals surface area contributed by atoms with E-state index in [1.54, 1.807) is 18.2 Å². The van der Waals surface area contributed by atoms with Gasteiger partial charge in [0.1, 0.15) is 12.4 Å². The van der Waals surface area contributed by atoms with Crippen LogP contribution >= 0.6 is 35.0 Å². The summed E-state index contributed by atoms with van der Waals surface area (Å²) in [6, 6.07) is 20.6. The molecular weight excluding hydrogens is 465 g/mol. The van der Waals surface area contributed by atoms with Crippen molar-refractivity contribution in [2.24, 2.45) is 0 Å². The van der Waals surface area contributed by atoms with E-state index in [1.807, 2.05) is 61.5 Å². The summed E-state index contributed by atoms with van der Waals surface area (Å²) in [6.45, 7) is 2.48. The number of halogens is 2. The number of thioether (sulfide) groups is 1. The van der Waals surface area contributed by atoms with Crippen molar-refractivity contribution in [3.63, 3.8) is 0 Å². The van der Waals surface area contributed by atoms with E-state index in [0.717, 1.165) is 28.5 Å². The van der Waals surface area contributed by atoms with E-state index in [0.29, 0.717) is 32.9 Å². The third-order valence-corrected chi connectivity index (χ3v) is 6.42. The van der Waals surface area contributed by atoms with E-state index in [-0.39, 0.29) is 17.7 Å². The molecule has 1 saturated heterocycles. The molecule has 0 aromatic heterocycles. The highest BCUT2D eigenvalue weighted by atomic mass is 35.5. The topological polar surface area (TPSA) is 46.6 Å². The Balaban J connectivity index is 1.61. The van der Waals surface area contributed by atoms with Gasteiger partial charge in [0.15, 0.2) is 0 Å². The number of benzene rings is 3. The van der Waals surface area contributed by atoms with Crippen LogP contribution in [0.25, 0.3) is 6.08 Å². The third kappa shape index (κ3) is 5.01. The first-order chi connectivity index (χ1) is 15.4. The number of imide groups is 1. The van der Waals surface area contributed by atoms with Gasteiger partial charge in [-0.05, 0) is 53.6 Å². The number of rotatable bonds is 6. The summed E-state index contributed by atoms with van der Waals surface area (Å²) in [5.74, 6) is 0.0546. The third-order valence-electron chi connectivity index (χ3n) is 5.01. The Morgan fingerprint density at radius 2 is 1.72 bits per heavy atom. The highest BCUT2D eigenvalue weighted by molar-refractivity contribution is 8.18. The van der Waals surface area contributed by atoms with Crippen molar-refractivity contribution < 1.29 is 14.3 Å². The first kappa shape index (κ1) is 22.5. The molecule has 1 heterocycles. The van der Waals surface area contributed by atoms with Gasteiger partial charge in [-0.3, -0.25) is 14.5 Å². The molecule has 7 heteroatoms. The molecule has 0 N–H and O–H groups in total. The average molecular weight is 484 g/mol. The quantitative estimate of drug-likeness (QED) is 0.350. The molecule has 4 rings (SSSR count). The number of amides is 2. The van der Waals surface area contributed by atoms with E-state index in [2.05, 4.69) is 0 Å². The summed E-state index contributed by atoms with van der Waals surface area (Å²) in [4.78, 5) is 27.1. The van der Waals surface area contributed by atoms with Gasteiger partial charge < -0.3 is 4.74 Å². The minimum atomic E-state index is -0.353. The Morgan fingerprint density at radius 1 is 1.00 bits per heavy atom. The van der Waals surface area contributed by atoms with Crippen LogP contribution in [0.1, 0.15) is 22.3 Å². The molecule has 1 fully saturated rings.